The molecule has 0 aliphatic heterocycles. The van der Waals surface area contributed by atoms with Crippen LogP contribution in [0.25, 0.3) is 0 Å². The molecule has 70 valence electrons. The Bertz CT molecular complexity index is 325. The fourth-order valence-electron chi connectivity index (χ4n) is 0.866. The van der Waals surface area contributed by atoms with Crippen LogP contribution in [0.1, 0.15) is 0 Å². The fraction of sp³-hybridized carbons (Fsp3) is 0.111. The van der Waals surface area contributed by atoms with E-state index in [9.17, 15) is 4.39 Å². The number of rotatable bonds is 3. The van der Waals surface area contributed by atoms with Crippen LogP contribution in [0.3, 0.4) is 0 Å². The molecular formula is C9H10ClFN2. The normalized spacial score (nSPS) is 9.69. The zero-order chi connectivity index (χ0) is 9.84. The highest BCUT2D eigenvalue weighted by Crippen LogP contribution is 2.17. The quantitative estimate of drug-likeness (QED) is 0.736. The molecule has 0 saturated heterocycles. The van der Waals surface area contributed by atoms with Gasteiger partial charge in [0.25, 0.3) is 0 Å². The van der Waals surface area contributed by atoms with Crippen molar-refractivity contribution in [2.24, 2.45) is 0 Å². The van der Waals surface area contributed by atoms with Crippen LogP contribution < -0.4 is 11.1 Å². The van der Waals surface area contributed by atoms with Crippen LogP contribution in [0.15, 0.2) is 29.8 Å². The summed E-state index contributed by atoms with van der Waals surface area (Å²) >= 11 is 5.51. The predicted octanol–water partition coefficient (Wildman–Crippen LogP) is 2.57. The highest BCUT2D eigenvalue weighted by atomic mass is 35.5. The van der Waals surface area contributed by atoms with Crippen molar-refractivity contribution in [2.75, 3.05) is 17.6 Å². The van der Waals surface area contributed by atoms with Gasteiger partial charge in [-0.05, 0) is 18.2 Å². The highest BCUT2D eigenvalue weighted by Gasteiger charge is 2.00. The molecule has 0 aliphatic rings. The van der Waals surface area contributed by atoms with Crippen molar-refractivity contribution < 1.29 is 4.39 Å². The Kier molecular flexibility index (Phi) is 3.14. The number of hydrogen-bond donors (Lipinski definition) is 2. The standard InChI is InChI=1S/C9H10ClFN2/c1-6(10)5-13-9-3-2-7(12)4-8(9)11/h2-4,13H,1,5,12H2. The van der Waals surface area contributed by atoms with Gasteiger partial charge >= 0.3 is 0 Å². The number of nitrogens with one attached hydrogen (secondary N) is 1. The van der Waals surface area contributed by atoms with Gasteiger partial charge in [-0.15, -0.1) is 0 Å². The Morgan fingerprint density at radius 3 is 2.85 bits per heavy atom. The van der Waals surface area contributed by atoms with E-state index in [1.165, 1.54) is 6.07 Å². The Balaban J connectivity index is 2.72. The molecular weight excluding hydrogens is 191 g/mol. The van der Waals surface area contributed by atoms with Crippen molar-refractivity contribution >= 4 is 23.0 Å². The maximum atomic E-state index is 13.1. The molecule has 1 aromatic rings. The average molecular weight is 201 g/mol. The van der Waals surface area contributed by atoms with Gasteiger partial charge in [-0.25, -0.2) is 4.39 Å². The van der Waals surface area contributed by atoms with Gasteiger partial charge in [0.2, 0.25) is 0 Å². The van der Waals surface area contributed by atoms with E-state index in [0.717, 1.165) is 0 Å². The second-order valence-electron chi connectivity index (χ2n) is 2.61. The van der Waals surface area contributed by atoms with Crippen molar-refractivity contribution in [1.82, 2.24) is 0 Å². The summed E-state index contributed by atoms with van der Waals surface area (Å²) in [5.41, 5.74) is 6.14. The van der Waals surface area contributed by atoms with E-state index in [4.69, 9.17) is 17.3 Å². The van der Waals surface area contributed by atoms with Gasteiger partial charge in [0.1, 0.15) is 5.82 Å². The van der Waals surface area contributed by atoms with E-state index in [2.05, 4.69) is 11.9 Å². The molecule has 0 saturated carbocycles. The van der Waals surface area contributed by atoms with Crippen molar-refractivity contribution in [2.45, 2.75) is 0 Å². The van der Waals surface area contributed by atoms with E-state index in [-0.39, 0.29) is 0 Å². The Morgan fingerprint density at radius 1 is 1.62 bits per heavy atom. The molecule has 0 heterocycles. The molecule has 0 spiro atoms. The first-order valence-electron chi connectivity index (χ1n) is 3.72. The van der Waals surface area contributed by atoms with E-state index < -0.39 is 5.82 Å². The zero-order valence-corrected chi connectivity index (χ0v) is 7.74. The highest BCUT2D eigenvalue weighted by molar-refractivity contribution is 6.29. The van der Waals surface area contributed by atoms with Crippen LogP contribution in [0.5, 0.6) is 0 Å². The van der Waals surface area contributed by atoms with E-state index in [1.807, 2.05) is 0 Å². The second-order valence-corrected chi connectivity index (χ2v) is 3.14. The maximum Gasteiger partial charge on any atom is 0.148 e. The topological polar surface area (TPSA) is 38.0 Å². The first kappa shape index (κ1) is 9.86. The third kappa shape index (κ3) is 2.95. The molecule has 0 bridgehead atoms. The predicted molar refractivity (Wildman–Crippen MR) is 54.3 cm³/mol. The monoisotopic (exact) mass is 200 g/mol. The summed E-state index contributed by atoms with van der Waals surface area (Å²) in [6.45, 7) is 3.81. The molecule has 3 N–H and O–H groups in total. The SMILES string of the molecule is C=C(Cl)CNc1ccc(N)cc1F. The summed E-state index contributed by atoms with van der Waals surface area (Å²) in [7, 11) is 0. The molecule has 0 amide bonds. The van der Waals surface area contributed by atoms with Crippen LogP contribution in [-0.4, -0.2) is 6.54 Å². The first-order chi connectivity index (χ1) is 6.09. The maximum absolute atomic E-state index is 13.1. The third-order valence-corrected chi connectivity index (χ3v) is 1.60. The summed E-state index contributed by atoms with van der Waals surface area (Å²) in [6, 6.07) is 4.42. The van der Waals surface area contributed by atoms with Crippen LogP contribution in [0.4, 0.5) is 15.8 Å². The number of benzene rings is 1. The Morgan fingerprint density at radius 2 is 2.31 bits per heavy atom. The number of halogens is 2. The van der Waals surface area contributed by atoms with Crippen molar-refractivity contribution in [1.29, 1.82) is 0 Å². The molecule has 0 unspecified atom stereocenters. The minimum absolute atomic E-state index is 0.336. The number of nitrogen functional groups attached to an aromatic ring is 1. The lowest BCUT2D eigenvalue weighted by Crippen LogP contribution is -2.03. The van der Waals surface area contributed by atoms with Gasteiger partial charge in [0, 0.05) is 10.7 Å². The molecule has 0 aliphatic carbocycles. The largest absolute Gasteiger partial charge is 0.399 e. The van der Waals surface area contributed by atoms with Gasteiger partial charge < -0.3 is 11.1 Å². The van der Waals surface area contributed by atoms with Crippen LogP contribution >= 0.6 is 11.6 Å². The average Bonchev–Trinajstić information content (AvgIpc) is 2.02. The molecule has 2 nitrogen and oxygen atoms in total. The van der Waals surface area contributed by atoms with Gasteiger partial charge in [0.05, 0.1) is 12.2 Å². The number of hydrogen-bond acceptors (Lipinski definition) is 2. The summed E-state index contributed by atoms with van der Waals surface area (Å²) in [6.07, 6.45) is 0. The lowest BCUT2D eigenvalue weighted by molar-refractivity contribution is 0.631. The molecule has 13 heavy (non-hydrogen) atoms. The van der Waals surface area contributed by atoms with Crippen molar-refractivity contribution in [3.05, 3.63) is 35.6 Å². The molecule has 4 heteroatoms. The van der Waals surface area contributed by atoms with E-state index in [0.29, 0.717) is 23.0 Å². The van der Waals surface area contributed by atoms with Gasteiger partial charge in [-0.1, -0.05) is 18.2 Å². The van der Waals surface area contributed by atoms with Gasteiger partial charge in [-0.2, -0.15) is 0 Å². The summed E-state index contributed by atoms with van der Waals surface area (Å²) < 4.78 is 13.1. The molecule has 0 radical (unpaired) electrons. The minimum atomic E-state index is -0.391. The Labute approximate surface area is 81.2 Å². The lowest BCUT2D eigenvalue weighted by Gasteiger charge is -2.06. The van der Waals surface area contributed by atoms with E-state index >= 15 is 0 Å². The molecule has 0 atom stereocenters. The minimum Gasteiger partial charge on any atom is -0.399 e. The lowest BCUT2D eigenvalue weighted by atomic mass is 10.2. The van der Waals surface area contributed by atoms with Crippen LogP contribution in [0, 0.1) is 5.82 Å². The smallest absolute Gasteiger partial charge is 0.148 e. The zero-order valence-electron chi connectivity index (χ0n) is 6.98. The first-order valence-corrected chi connectivity index (χ1v) is 4.09. The number of nitrogens with two attached hydrogens (primary N) is 1. The van der Waals surface area contributed by atoms with Crippen LogP contribution in [0.2, 0.25) is 0 Å². The Hall–Kier alpha value is -1.22. The van der Waals surface area contributed by atoms with Crippen LogP contribution in [-0.2, 0) is 0 Å². The van der Waals surface area contributed by atoms with Crippen molar-refractivity contribution in [3.63, 3.8) is 0 Å². The molecule has 0 aromatic heterocycles. The summed E-state index contributed by atoms with van der Waals surface area (Å²) in [5, 5.41) is 3.20. The molecule has 0 fully saturated rings. The number of anilines is 2. The summed E-state index contributed by atoms with van der Waals surface area (Å²) in [5.74, 6) is -0.391. The second kappa shape index (κ2) is 4.14. The molecule has 1 rings (SSSR count). The third-order valence-electron chi connectivity index (χ3n) is 1.46. The van der Waals surface area contributed by atoms with Gasteiger partial charge in [-0.3, -0.25) is 0 Å². The van der Waals surface area contributed by atoms with Gasteiger partial charge in [0.15, 0.2) is 0 Å². The summed E-state index contributed by atoms with van der Waals surface area (Å²) in [4.78, 5) is 0. The van der Waals surface area contributed by atoms with E-state index in [1.54, 1.807) is 12.1 Å². The molecule has 1 aromatic carbocycles. The fourth-order valence-corrected chi connectivity index (χ4v) is 0.933. The van der Waals surface area contributed by atoms with Crippen molar-refractivity contribution in [3.8, 4) is 0 Å².